The third-order valence-electron chi connectivity index (χ3n) is 3.70. The average Bonchev–Trinajstić information content (AvgIpc) is 3.18. The van der Waals surface area contributed by atoms with Gasteiger partial charge in [-0.3, -0.25) is 14.5 Å². The maximum Gasteiger partial charge on any atom is 0.232 e. The van der Waals surface area contributed by atoms with Crippen molar-refractivity contribution in [2.75, 3.05) is 16.8 Å². The van der Waals surface area contributed by atoms with E-state index in [4.69, 9.17) is 0 Å². The van der Waals surface area contributed by atoms with Gasteiger partial charge < -0.3 is 5.32 Å². The van der Waals surface area contributed by atoms with Gasteiger partial charge in [-0.2, -0.15) is 0 Å². The summed E-state index contributed by atoms with van der Waals surface area (Å²) in [4.78, 5) is 34.5. The van der Waals surface area contributed by atoms with E-state index in [1.165, 1.54) is 22.7 Å². The monoisotopic (exact) mass is 364 g/mol. The van der Waals surface area contributed by atoms with Crippen LogP contribution >= 0.6 is 22.7 Å². The fourth-order valence-corrected chi connectivity index (χ4v) is 4.18. The zero-order valence-electron chi connectivity index (χ0n) is 14.0. The predicted molar refractivity (Wildman–Crippen MR) is 96.8 cm³/mol. The van der Waals surface area contributed by atoms with Gasteiger partial charge in [0.05, 0.1) is 17.8 Å². The van der Waals surface area contributed by atoms with Gasteiger partial charge in [0.2, 0.25) is 11.8 Å². The highest BCUT2D eigenvalue weighted by Crippen LogP contribution is 2.27. The van der Waals surface area contributed by atoms with E-state index in [1.54, 1.807) is 4.90 Å². The molecule has 6 nitrogen and oxygen atoms in total. The van der Waals surface area contributed by atoms with Crippen LogP contribution in [0.4, 0.5) is 10.3 Å². The number of hydrogen-bond acceptors (Lipinski definition) is 6. The lowest BCUT2D eigenvalue weighted by atomic mass is 9.93. The van der Waals surface area contributed by atoms with Crippen molar-refractivity contribution in [3.63, 3.8) is 0 Å². The van der Waals surface area contributed by atoms with Gasteiger partial charge >= 0.3 is 0 Å². The van der Waals surface area contributed by atoms with Crippen LogP contribution in [0.5, 0.6) is 0 Å². The average molecular weight is 364 g/mol. The Morgan fingerprint density at radius 2 is 2.08 bits per heavy atom. The molecule has 1 N–H and O–H groups in total. The lowest BCUT2D eigenvalue weighted by molar-refractivity contribution is -0.117. The molecule has 0 radical (unpaired) electrons. The first kappa shape index (κ1) is 17.0. The molecule has 2 aromatic rings. The molecule has 0 aliphatic carbocycles. The van der Waals surface area contributed by atoms with Crippen molar-refractivity contribution in [2.24, 2.45) is 0 Å². The Bertz CT molecular complexity index is 760. The lowest BCUT2D eigenvalue weighted by Crippen LogP contribution is -2.23. The van der Waals surface area contributed by atoms with Crippen LogP contribution in [0, 0.1) is 0 Å². The molecule has 1 aliphatic rings. The van der Waals surface area contributed by atoms with Gasteiger partial charge in [-0.05, 0) is 6.42 Å². The molecular formula is C16H20N4O2S2. The number of nitrogens with zero attached hydrogens (tertiary/aromatic N) is 3. The predicted octanol–water partition coefficient (Wildman–Crippen LogP) is 3.21. The number of anilines is 2. The van der Waals surface area contributed by atoms with Crippen molar-refractivity contribution in [3.8, 4) is 0 Å². The molecule has 1 fully saturated rings. The minimum absolute atomic E-state index is 0.0362. The summed E-state index contributed by atoms with van der Waals surface area (Å²) in [6.45, 7) is 6.98. The summed E-state index contributed by atoms with van der Waals surface area (Å²) in [7, 11) is 0. The van der Waals surface area contributed by atoms with Gasteiger partial charge in [0.25, 0.3) is 0 Å². The number of thiazole rings is 2. The largest absolute Gasteiger partial charge is 0.302 e. The summed E-state index contributed by atoms with van der Waals surface area (Å²) in [5.41, 5.74) is 1.61. The lowest BCUT2D eigenvalue weighted by Gasteiger charge is -2.14. The number of nitrogens with one attached hydrogen (secondary N) is 1. The van der Waals surface area contributed by atoms with Crippen molar-refractivity contribution >= 4 is 44.8 Å². The van der Waals surface area contributed by atoms with E-state index in [9.17, 15) is 9.59 Å². The Labute approximate surface area is 148 Å². The third kappa shape index (κ3) is 3.81. The molecule has 0 aromatic carbocycles. The summed E-state index contributed by atoms with van der Waals surface area (Å²) in [6.07, 6.45) is 1.63. The highest BCUT2D eigenvalue weighted by molar-refractivity contribution is 7.14. The Balaban J connectivity index is 1.60. The Kier molecular flexibility index (Phi) is 4.69. The molecule has 128 valence electrons. The number of aromatic nitrogens is 2. The van der Waals surface area contributed by atoms with E-state index in [0.717, 1.165) is 12.1 Å². The maximum atomic E-state index is 12.2. The normalized spacial score (nSPS) is 15.1. The van der Waals surface area contributed by atoms with E-state index in [1.807, 2.05) is 10.8 Å². The van der Waals surface area contributed by atoms with E-state index in [2.05, 4.69) is 36.1 Å². The van der Waals surface area contributed by atoms with Crippen molar-refractivity contribution in [2.45, 2.75) is 45.4 Å². The number of hydrogen-bond donors (Lipinski definition) is 1. The fraction of sp³-hybridized carbons (Fsp3) is 0.500. The number of carbonyl (C=O) groups is 2. The van der Waals surface area contributed by atoms with Crippen LogP contribution in [0.2, 0.25) is 0 Å². The summed E-state index contributed by atoms with van der Waals surface area (Å²) >= 11 is 2.83. The molecule has 0 bridgehead atoms. The third-order valence-corrected chi connectivity index (χ3v) is 5.37. The number of rotatable bonds is 4. The summed E-state index contributed by atoms with van der Waals surface area (Å²) in [6, 6.07) is 0. The fourth-order valence-electron chi connectivity index (χ4n) is 2.36. The van der Waals surface area contributed by atoms with Crippen LogP contribution in [-0.2, 0) is 21.4 Å². The van der Waals surface area contributed by atoms with Crippen molar-refractivity contribution in [3.05, 3.63) is 22.1 Å². The molecule has 1 saturated heterocycles. The Hall–Kier alpha value is -1.80. The molecule has 3 rings (SSSR count). The SMILES string of the molecule is CC(C)(C)c1csc(NC(=O)Cc2csc(N3CCCC3=O)n2)n1. The number of carbonyl (C=O) groups excluding carboxylic acids is 2. The highest BCUT2D eigenvalue weighted by Gasteiger charge is 2.24. The van der Waals surface area contributed by atoms with Gasteiger partial charge in [0.1, 0.15) is 0 Å². The minimum atomic E-state index is -0.144. The van der Waals surface area contributed by atoms with Gasteiger partial charge in [-0.15, -0.1) is 22.7 Å². The van der Waals surface area contributed by atoms with Gasteiger partial charge in [0, 0.05) is 29.1 Å². The zero-order valence-corrected chi connectivity index (χ0v) is 15.6. The highest BCUT2D eigenvalue weighted by atomic mass is 32.1. The minimum Gasteiger partial charge on any atom is -0.302 e. The first-order chi connectivity index (χ1) is 11.3. The van der Waals surface area contributed by atoms with Crippen LogP contribution in [0.3, 0.4) is 0 Å². The smallest absolute Gasteiger partial charge is 0.232 e. The molecule has 0 saturated carbocycles. The summed E-state index contributed by atoms with van der Waals surface area (Å²) in [5.74, 6) is -0.0349. The maximum absolute atomic E-state index is 12.2. The van der Waals surface area contributed by atoms with Crippen LogP contribution in [-0.4, -0.2) is 28.3 Å². The quantitative estimate of drug-likeness (QED) is 0.904. The zero-order chi connectivity index (χ0) is 17.3. The first-order valence-electron chi connectivity index (χ1n) is 7.83. The van der Waals surface area contributed by atoms with Gasteiger partial charge in [-0.1, -0.05) is 20.8 Å². The van der Waals surface area contributed by atoms with Gasteiger partial charge in [-0.25, -0.2) is 9.97 Å². The molecule has 1 aliphatic heterocycles. The molecule has 3 heterocycles. The standard InChI is InChI=1S/C16H20N4O2S2/c1-16(2,3)11-9-23-14(18-11)19-12(21)7-10-8-24-15(17-10)20-6-4-5-13(20)22/h8-9H,4-7H2,1-3H3,(H,18,19,21). The number of amides is 2. The first-order valence-corrected chi connectivity index (χ1v) is 9.59. The van der Waals surface area contributed by atoms with Crippen molar-refractivity contribution < 1.29 is 9.59 Å². The Morgan fingerprint density at radius 3 is 2.71 bits per heavy atom. The summed E-state index contributed by atoms with van der Waals surface area (Å²) in [5, 5.41) is 7.92. The van der Waals surface area contributed by atoms with Crippen LogP contribution in [0.1, 0.15) is 45.0 Å². The van der Waals surface area contributed by atoms with Crippen molar-refractivity contribution in [1.82, 2.24) is 9.97 Å². The molecule has 0 spiro atoms. The molecule has 0 unspecified atom stereocenters. The molecule has 8 heteroatoms. The van der Waals surface area contributed by atoms with E-state index in [-0.39, 0.29) is 23.7 Å². The molecular weight excluding hydrogens is 344 g/mol. The Morgan fingerprint density at radius 1 is 1.29 bits per heavy atom. The van der Waals surface area contributed by atoms with Crippen LogP contribution in [0.15, 0.2) is 10.8 Å². The van der Waals surface area contributed by atoms with Gasteiger partial charge in [0.15, 0.2) is 10.3 Å². The molecule has 2 amide bonds. The molecule has 24 heavy (non-hydrogen) atoms. The summed E-state index contributed by atoms with van der Waals surface area (Å²) < 4.78 is 0. The topological polar surface area (TPSA) is 75.2 Å². The second-order valence-corrected chi connectivity index (χ2v) is 8.48. The molecule has 0 atom stereocenters. The molecule has 2 aromatic heterocycles. The van der Waals surface area contributed by atoms with E-state index in [0.29, 0.717) is 28.9 Å². The van der Waals surface area contributed by atoms with E-state index >= 15 is 0 Å². The van der Waals surface area contributed by atoms with Crippen molar-refractivity contribution in [1.29, 1.82) is 0 Å². The van der Waals surface area contributed by atoms with Crippen LogP contribution < -0.4 is 10.2 Å². The van der Waals surface area contributed by atoms with Crippen LogP contribution in [0.25, 0.3) is 0 Å². The van der Waals surface area contributed by atoms with E-state index < -0.39 is 0 Å². The second kappa shape index (κ2) is 6.60. The second-order valence-electron chi connectivity index (χ2n) is 6.78.